The van der Waals surface area contributed by atoms with E-state index in [0.717, 1.165) is 5.56 Å². The predicted octanol–water partition coefficient (Wildman–Crippen LogP) is 3.51. The van der Waals surface area contributed by atoms with Crippen LogP contribution < -0.4 is 10.6 Å². The molecule has 128 valence electrons. The Balaban J connectivity index is 1.87. The van der Waals surface area contributed by atoms with Crippen molar-refractivity contribution in [1.82, 2.24) is 10.6 Å². The summed E-state index contributed by atoms with van der Waals surface area (Å²) in [5, 5.41) is 8.24. The average Bonchev–Trinajstić information content (AvgIpc) is 3.08. The van der Waals surface area contributed by atoms with Gasteiger partial charge in [0.25, 0.3) is 5.91 Å². The minimum Gasteiger partial charge on any atom is -0.354 e. The molecule has 0 spiro atoms. The molecular formula is C18H21ClN2O2S. The van der Waals surface area contributed by atoms with Gasteiger partial charge in [-0.25, -0.2) is 0 Å². The van der Waals surface area contributed by atoms with E-state index in [1.807, 2.05) is 49.6 Å². The average molecular weight is 365 g/mol. The number of carbonyl (C=O) groups is 2. The molecule has 1 aromatic carbocycles. The molecule has 0 aliphatic heterocycles. The van der Waals surface area contributed by atoms with Crippen LogP contribution in [0.2, 0.25) is 5.02 Å². The minimum absolute atomic E-state index is 0.00411. The van der Waals surface area contributed by atoms with Crippen molar-refractivity contribution >= 4 is 34.8 Å². The number of nitrogens with one attached hydrogen (secondary N) is 2. The van der Waals surface area contributed by atoms with Crippen LogP contribution in [0.3, 0.4) is 0 Å². The summed E-state index contributed by atoms with van der Waals surface area (Å²) in [6.07, 6.45) is 0.715. The van der Waals surface area contributed by atoms with Gasteiger partial charge in [-0.3, -0.25) is 9.59 Å². The van der Waals surface area contributed by atoms with Gasteiger partial charge in [-0.05, 0) is 41.5 Å². The van der Waals surface area contributed by atoms with Crippen LogP contribution in [0.25, 0.3) is 0 Å². The number of thiophene rings is 1. The molecule has 2 aromatic rings. The first kappa shape index (κ1) is 18.5. The summed E-state index contributed by atoms with van der Waals surface area (Å²) in [5.74, 6) is -0.370. The van der Waals surface area contributed by atoms with Crippen LogP contribution in [0.5, 0.6) is 0 Å². The highest BCUT2D eigenvalue weighted by atomic mass is 35.5. The van der Waals surface area contributed by atoms with Crippen LogP contribution in [-0.2, 0) is 11.2 Å². The Morgan fingerprint density at radius 1 is 1.17 bits per heavy atom. The maximum Gasteiger partial charge on any atom is 0.262 e. The third-order valence-electron chi connectivity index (χ3n) is 3.61. The fourth-order valence-corrected chi connectivity index (χ4v) is 3.00. The molecule has 2 N–H and O–H groups in total. The van der Waals surface area contributed by atoms with Gasteiger partial charge in [-0.2, -0.15) is 0 Å². The van der Waals surface area contributed by atoms with E-state index in [2.05, 4.69) is 10.6 Å². The Labute approximate surface area is 151 Å². The van der Waals surface area contributed by atoms with E-state index < -0.39 is 6.04 Å². The SMILES string of the molecule is CC(C)[C@@H](NC(=O)c1cccs1)C(=O)NCCc1ccc(Cl)cc1. The van der Waals surface area contributed by atoms with Gasteiger partial charge in [0.1, 0.15) is 6.04 Å². The van der Waals surface area contributed by atoms with Crippen LogP contribution >= 0.6 is 22.9 Å². The van der Waals surface area contributed by atoms with Gasteiger partial charge in [0, 0.05) is 11.6 Å². The first-order valence-corrected chi connectivity index (χ1v) is 9.09. The molecule has 1 atom stereocenters. The van der Waals surface area contributed by atoms with Crippen LogP contribution in [-0.4, -0.2) is 24.4 Å². The highest BCUT2D eigenvalue weighted by molar-refractivity contribution is 7.12. The second kappa shape index (κ2) is 8.85. The Hall–Kier alpha value is -1.85. The van der Waals surface area contributed by atoms with Crippen molar-refractivity contribution < 1.29 is 9.59 Å². The summed E-state index contributed by atoms with van der Waals surface area (Å²) in [7, 11) is 0. The number of carbonyl (C=O) groups excluding carboxylic acids is 2. The predicted molar refractivity (Wildman–Crippen MR) is 98.6 cm³/mol. The second-order valence-corrected chi connectivity index (χ2v) is 7.22. The molecule has 0 radical (unpaired) electrons. The van der Waals surface area contributed by atoms with E-state index in [-0.39, 0.29) is 17.7 Å². The molecule has 24 heavy (non-hydrogen) atoms. The quantitative estimate of drug-likeness (QED) is 0.789. The lowest BCUT2D eigenvalue weighted by atomic mass is 10.0. The fraction of sp³-hybridized carbons (Fsp3) is 0.333. The molecule has 2 rings (SSSR count). The Kier molecular flexibility index (Phi) is 6.82. The molecule has 0 aliphatic carbocycles. The molecule has 0 bridgehead atoms. The van der Waals surface area contributed by atoms with Gasteiger partial charge in [0.2, 0.25) is 5.91 Å². The molecule has 0 fully saturated rings. The van der Waals surface area contributed by atoms with Crippen LogP contribution in [0.15, 0.2) is 41.8 Å². The third-order valence-corrected chi connectivity index (χ3v) is 4.73. The first-order chi connectivity index (χ1) is 11.5. The van der Waals surface area contributed by atoms with E-state index in [1.54, 1.807) is 6.07 Å². The summed E-state index contributed by atoms with van der Waals surface area (Å²) in [6.45, 7) is 4.34. The molecule has 4 nitrogen and oxygen atoms in total. The van der Waals surface area contributed by atoms with Gasteiger partial charge in [-0.1, -0.05) is 43.6 Å². The maximum atomic E-state index is 12.4. The smallest absolute Gasteiger partial charge is 0.262 e. The molecule has 1 heterocycles. The van der Waals surface area contributed by atoms with Crippen molar-refractivity contribution in [2.75, 3.05) is 6.54 Å². The van der Waals surface area contributed by atoms with Crippen molar-refractivity contribution in [2.45, 2.75) is 26.3 Å². The maximum absolute atomic E-state index is 12.4. The monoisotopic (exact) mass is 364 g/mol. The summed E-state index contributed by atoms with van der Waals surface area (Å²) >= 11 is 7.21. The molecule has 0 unspecified atom stereocenters. The Bertz CT molecular complexity index is 669. The van der Waals surface area contributed by atoms with Crippen molar-refractivity contribution in [1.29, 1.82) is 0 Å². The largest absolute Gasteiger partial charge is 0.354 e. The zero-order chi connectivity index (χ0) is 17.5. The van der Waals surface area contributed by atoms with Crippen molar-refractivity contribution in [2.24, 2.45) is 5.92 Å². The Morgan fingerprint density at radius 2 is 1.88 bits per heavy atom. The molecule has 6 heteroatoms. The number of amides is 2. The van der Waals surface area contributed by atoms with E-state index in [0.29, 0.717) is 22.9 Å². The van der Waals surface area contributed by atoms with E-state index >= 15 is 0 Å². The van der Waals surface area contributed by atoms with Crippen LogP contribution in [0, 0.1) is 5.92 Å². The summed E-state index contributed by atoms with van der Waals surface area (Å²) in [4.78, 5) is 25.2. The number of rotatable bonds is 7. The highest BCUT2D eigenvalue weighted by Gasteiger charge is 2.24. The highest BCUT2D eigenvalue weighted by Crippen LogP contribution is 2.11. The molecule has 0 saturated heterocycles. The Morgan fingerprint density at radius 3 is 2.46 bits per heavy atom. The van der Waals surface area contributed by atoms with Crippen molar-refractivity contribution in [3.05, 3.63) is 57.2 Å². The normalized spacial score (nSPS) is 12.0. The lowest BCUT2D eigenvalue weighted by Gasteiger charge is -2.21. The summed E-state index contributed by atoms with van der Waals surface area (Å²) in [6, 6.07) is 10.5. The minimum atomic E-state index is -0.551. The fourth-order valence-electron chi connectivity index (χ4n) is 2.25. The van der Waals surface area contributed by atoms with E-state index in [4.69, 9.17) is 11.6 Å². The van der Waals surface area contributed by atoms with Crippen molar-refractivity contribution in [3.8, 4) is 0 Å². The zero-order valence-electron chi connectivity index (χ0n) is 13.7. The summed E-state index contributed by atoms with van der Waals surface area (Å²) in [5.41, 5.74) is 1.10. The van der Waals surface area contributed by atoms with Crippen molar-refractivity contribution in [3.63, 3.8) is 0 Å². The molecule has 0 aliphatic rings. The van der Waals surface area contributed by atoms with E-state index in [9.17, 15) is 9.59 Å². The number of hydrogen-bond acceptors (Lipinski definition) is 3. The lowest BCUT2D eigenvalue weighted by molar-refractivity contribution is -0.123. The zero-order valence-corrected chi connectivity index (χ0v) is 15.3. The third kappa shape index (κ3) is 5.35. The van der Waals surface area contributed by atoms with Crippen LogP contribution in [0.4, 0.5) is 0 Å². The molecule has 0 saturated carbocycles. The van der Waals surface area contributed by atoms with Gasteiger partial charge in [-0.15, -0.1) is 11.3 Å². The van der Waals surface area contributed by atoms with Crippen LogP contribution in [0.1, 0.15) is 29.1 Å². The molecule has 1 aromatic heterocycles. The first-order valence-electron chi connectivity index (χ1n) is 7.84. The lowest BCUT2D eigenvalue weighted by Crippen LogP contribution is -2.49. The van der Waals surface area contributed by atoms with Gasteiger partial charge >= 0.3 is 0 Å². The number of benzene rings is 1. The van der Waals surface area contributed by atoms with Gasteiger partial charge in [0.05, 0.1) is 4.88 Å². The molecular weight excluding hydrogens is 344 g/mol. The van der Waals surface area contributed by atoms with Gasteiger partial charge < -0.3 is 10.6 Å². The number of halogens is 1. The summed E-state index contributed by atoms with van der Waals surface area (Å²) < 4.78 is 0. The second-order valence-electron chi connectivity index (χ2n) is 5.84. The molecule has 2 amide bonds. The number of hydrogen-bond donors (Lipinski definition) is 2. The topological polar surface area (TPSA) is 58.2 Å². The van der Waals surface area contributed by atoms with E-state index in [1.165, 1.54) is 11.3 Å². The van der Waals surface area contributed by atoms with Gasteiger partial charge in [0.15, 0.2) is 0 Å². The standard InChI is InChI=1S/C18H21ClN2O2S/c1-12(2)16(21-17(22)15-4-3-11-24-15)18(23)20-10-9-13-5-7-14(19)8-6-13/h3-8,11-12,16H,9-10H2,1-2H3,(H,20,23)(H,21,22)/t16-/m1/s1.